The largest absolute Gasteiger partial charge is 0.494 e. The maximum Gasteiger partial charge on any atom is 0.194 e. The van der Waals surface area contributed by atoms with Crippen LogP contribution in [0.4, 0.5) is 0 Å². The highest BCUT2D eigenvalue weighted by atomic mass is 32.1. The number of hydrogen-bond acceptors (Lipinski definition) is 4. The smallest absolute Gasteiger partial charge is 0.194 e. The molecule has 0 fully saturated rings. The number of hydrogen-bond donors (Lipinski definition) is 0. The quantitative estimate of drug-likeness (QED) is 0.735. The third kappa shape index (κ3) is 2.50. The lowest BCUT2D eigenvalue weighted by atomic mass is 10.1. The van der Waals surface area contributed by atoms with Gasteiger partial charge in [-0.05, 0) is 38.1 Å². The Morgan fingerprint density at radius 3 is 2.76 bits per heavy atom. The van der Waals surface area contributed by atoms with Crippen LogP contribution < -0.4 is 4.74 Å². The van der Waals surface area contributed by atoms with E-state index in [9.17, 15) is 0 Å². The van der Waals surface area contributed by atoms with E-state index in [1.54, 1.807) is 11.3 Å². The fourth-order valence-corrected chi connectivity index (χ4v) is 3.20. The number of fused-ring (bicyclic) bond motifs is 1. The van der Waals surface area contributed by atoms with Gasteiger partial charge in [0.05, 0.1) is 30.5 Å². The summed E-state index contributed by atoms with van der Waals surface area (Å²) >= 11 is 1.64. The van der Waals surface area contributed by atoms with Crippen molar-refractivity contribution in [1.82, 2.24) is 9.38 Å². The van der Waals surface area contributed by atoms with Crippen molar-refractivity contribution in [2.45, 2.75) is 20.3 Å². The second kappa shape index (κ2) is 5.58. The minimum atomic E-state index is 0.347. The fraction of sp³-hybridized carbons (Fsp3) is 0.250. The number of ether oxygens (including phenoxy) is 1. The van der Waals surface area contributed by atoms with Gasteiger partial charge in [-0.15, -0.1) is 11.3 Å². The van der Waals surface area contributed by atoms with Crippen LogP contribution in [-0.4, -0.2) is 16.0 Å². The van der Waals surface area contributed by atoms with E-state index in [2.05, 4.69) is 11.1 Å². The van der Waals surface area contributed by atoms with Crippen LogP contribution in [0.2, 0.25) is 0 Å². The molecule has 106 valence electrons. The van der Waals surface area contributed by atoms with Gasteiger partial charge in [0.2, 0.25) is 0 Å². The third-order valence-electron chi connectivity index (χ3n) is 3.23. The van der Waals surface area contributed by atoms with Gasteiger partial charge in [0.15, 0.2) is 4.96 Å². The van der Waals surface area contributed by atoms with E-state index in [4.69, 9.17) is 10.00 Å². The number of benzene rings is 1. The molecule has 3 rings (SSSR count). The van der Waals surface area contributed by atoms with Crippen molar-refractivity contribution in [3.63, 3.8) is 0 Å². The molecule has 21 heavy (non-hydrogen) atoms. The van der Waals surface area contributed by atoms with Gasteiger partial charge >= 0.3 is 0 Å². The first-order valence-corrected chi connectivity index (χ1v) is 7.62. The number of thiazole rings is 1. The van der Waals surface area contributed by atoms with Gasteiger partial charge in [0.1, 0.15) is 5.75 Å². The molecule has 0 aliphatic heterocycles. The molecule has 0 N–H and O–H groups in total. The first kappa shape index (κ1) is 13.7. The molecule has 0 spiro atoms. The third-order valence-corrected chi connectivity index (χ3v) is 4.12. The Hall–Kier alpha value is -2.32. The molecule has 0 saturated heterocycles. The minimum absolute atomic E-state index is 0.347. The number of rotatable bonds is 4. The van der Waals surface area contributed by atoms with E-state index in [0.717, 1.165) is 27.7 Å². The number of aryl methyl sites for hydroxylation is 1. The molecule has 2 heterocycles. The lowest BCUT2D eigenvalue weighted by Crippen LogP contribution is -1.93. The number of imidazole rings is 1. The lowest BCUT2D eigenvalue weighted by molar-refractivity contribution is 0.340. The molecule has 0 aliphatic carbocycles. The van der Waals surface area contributed by atoms with Gasteiger partial charge in [-0.2, -0.15) is 5.26 Å². The standard InChI is InChI=1S/C16H15N3OS/c1-3-20-13-6-4-12(5-7-13)15-14(8-9-17)19-10-11(2)21-16(19)18-15/h4-7,10H,3,8H2,1-2H3. The Morgan fingerprint density at radius 2 is 2.10 bits per heavy atom. The molecule has 3 aromatic rings. The van der Waals surface area contributed by atoms with Crippen molar-refractivity contribution < 1.29 is 4.74 Å². The predicted molar refractivity (Wildman–Crippen MR) is 83.7 cm³/mol. The van der Waals surface area contributed by atoms with Crippen molar-refractivity contribution in [1.29, 1.82) is 5.26 Å². The Kier molecular flexibility index (Phi) is 3.63. The van der Waals surface area contributed by atoms with Gasteiger partial charge in [0, 0.05) is 16.6 Å². The van der Waals surface area contributed by atoms with Crippen LogP contribution in [0, 0.1) is 18.3 Å². The summed E-state index contributed by atoms with van der Waals surface area (Å²) in [7, 11) is 0. The summed E-state index contributed by atoms with van der Waals surface area (Å²) in [6, 6.07) is 10.1. The lowest BCUT2D eigenvalue weighted by Gasteiger charge is -2.04. The molecular formula is C16H15N3OS. The fourth-order valence-electron chi connectivity index (χ4n) is 2.35. The van der Waals surface area contributed by atoms with E-state index in [-0.39, 0.29) is 0 Å². The predicted octanol–water partition coefficient (Wildman–Crippen LogP) is 3.84. The number of nitrogens with zero attached hydrogens (tertiary/aromatic N) is 3. The van der Waals surface area contributed by atoms with Crippen molar-refractivity contribution in [2.24, 2.45) is 0 Å². The summed E-state index contributed by atoms with van der Waals surface area (Å²) in [4.78, 5) is 6.81. The van der Waals surface area contributed by atoms with E-state index in [1.165, 1.54) is 4.88 Å². The maximum absolute atomic E-state index is 9.08. The van der Waals surface area contributed by atoms with E-state index in [0.29, 0.717) is 13.0 Å². The Labute approximate surface area is 127 Å². The molecule has 4 nitrogen and oxygen atoms in total. The summed E-state index contributed by atoms with van der Waals surface area (Å²) in [5, 5.41) is 9.08. The zero-order valence-electron chi connectivity index (χ0n) is 12.0. The van der Waals surface area contributed by atoms with Gasteiger partial charge in [0.25, 0.3) is 0 Å². The zero-order chi connectivity index (χ0) is 14.8. The topological polar surface area (TPSA) is 50.3 Å². The molecule has 0 radical (unpaired) electrons. The van der Waals surface area contributed by atoms with Gasteiger partial charge in [-0.3, -0.25) is 4.40 Å². The first-order valence-electron chi connectivity index (χ1n) is 6.80. The molecule has 0 saturated carbocycles. The molecule has 1 aromatic carbocycles. The SMILES string of the molecule is CCOc1ccc(-c2nc3sc(C)cn3c2CC#N)cc1. The Bertz CT molecular complexity index is 809. The molecule has 0 aliphatic rings. The van der Waals surface area contributed by atoms with Crippen LogP contribution in [0.1, 0.15) is 17.5 Å². The highest BCUT2D eigenvalue weighted by Crippen LogP contribution is 2.29. The van der Waals surface area contributed by atoms with Gasteiger partial charge in [-0.1, -0.05) is 0 Å². The van der Waals surface area contributed by atoms with Crippen molar-refractivity contribution in [3.8, 4) is 23.1 Å². The number of aromatic nitrogens is 2. The van der Waals surface area contributed by atoms with E-state index < -0.39 is 0 Å². The Morgan fingerprint density at radius 1 is 1.33 bits per heavy atom. The summed E-state index contributed by atoms with van der Waals surface area (Å²) in [6.07, 6.45) is 2.39. The summed E-state index contributed by atoms with van der Waals surface area (Å²) in [6.45, 7) is 4.66. The maximum atomic E-state index is 9.08. The molecule has 2 aromatic heterocycles. The molecule has 5 heteroatoms. The van der Waals surface area contributed by atoms with Gasteiger partial charge < -0.3 is 4.74 Å². The van der Waals surface area contributed by atoms with Crippen LogP contribution >= 0.6 is 11.3 Å². The van der Waals surface area contributed by atoms with Crippen LogP contribution in [0.3, 0.4) is 0 Å². The van der Waals surface area contributed by atoms with Crippen LogP contribution in [-0.2, 0) is 6.42 Å². The van der Waals surface area contributed by atoms with Crippen molar-refractivity contribution in [3.05, 3.63) is 41.0 Å². The highest BCUT2D eigenvalue weighted by molar-refractivity contribution is 7.17. The molecular weight excluding hydrogens is 282 g/mol. The second-order valence-electron chi connectivity index (χ2n) is 4.69. The van der Waals surface area contributed by atoms with Crippen LogP contribution in [0.25, 0.3) is 16.2 Å². The molecule has 0 amide bonds. The monoisotopic (exact) mass is 297 g/mol. The average Bonchev–Trinajstić information content (AvgIpc) is 2.98. The van der Waals surface area contributed by atoms with Crippen LogP contribution in [0.15, 0.2) is 30.5 Å². The number of nitriles is 1. The minimum Gasteiger partial charge on any atom is -0.494 e. The second-order valence-corrected chi connectivity index (χ2v) is 5.91. The summed E-state index contributed by atoms with van der Waals surface area (Å²) in [5.74, 6) is 0.847. The average molecular weight is 297 g/mol. The van der Waals surface area contributed by atoms with Crippen LogP contribution in [0.5, 0.6) is 5.75 Å². The first-order chi connectivity index (χ1) is 10.2. The van der Waals surface area contributed by atoms with Gasteiger partial charge in [-0.25, -0.2) is 4.98 Å². The molecule has 0 bridgehead atoms. The molecule has 0 unspecified atom stereocenters. The summed E-state index contributed by atoms with van der Waals surface area (Å²) < 4.78 is 7.48. The van der Waals surface area contributed by atoms with E-state index >= 15 is 0 Å². The van der Waals surface area contributed by atoms with Crippen molar-refractivity contribution >= 4 is 16.3 Å². The zero-order valence-corrected chi connectivity index (χ0v) is 12.8. The Balaban J connectivity index is 2.08. The summed E-state index contributed by atoms with van der Waals surface area (Å²) in [5.41, 5.74) is 2.84. The highest BCUT2D eigenvalue weighted by Gasteiger charge is 2.15. The molecule has 0 atom stereocenters. The van der Waals surface area contributed by atoms with Crippen molar-refractivity contribution in [2.75, 3.05) is 6.61 Å². The van der Waals surface area contributed by atoms with E-state index in [1.807, 2.05) is 48.7 Å². The normalized spacial score (nSPS) is 10.7.